The van der Waals surface area contributed by atoms with E-state index >= 15 is 0 Å². The number of hydrogen-bond donors (Lipinski definition) is 1. The fraction of sp³-hybridized carbons (Fsp3) is 0.467. The summed E-state index contributed by atoms with van der Waals surface area (Å²) in [6, 6.07) is 6.55. The number of halogens is 1. The molecule has 0 saturated heterocycles. The first kappa shape index (κ1) is 13.6. The van der Waals surface area contributed by atoms with Crippen molar-refractivity contribution in [3.63, 3.8) is 0 Å². The van der Waals surface area contributed by atoms with E-state index in [1.807, 2.05) is 0 Å². The first-order chi connectivity index (χ1) is 8.76. The van der Waals surface area contributed by atoms with E-state index < -0.39 is 0 Å². The Hall–Kier alpha value is -0.800. The summed E-state index contributed by atoms with van der Waals surface area (Å²) >= 11 is 3.57. The smallest absolute Gasteiger partial charge is 0.0483 e. The van der Waals surface area contributed by atoms with Crippen LogP contribution in [0.15, 0.2) is 28.9 Å². The molecular weight excluding hydrogens is 288 g/mol. The van der Waals surface area contributed by atoms with E-state index in [4.69, 9.17) is 5.73 Å². The van der Waals surface area contributed by atoms with Crippen molar-refractivity contribution < 1.29 is 0 Å². The van der Waals surface area contributed by atoms with Crippen LogP contribution in [0.4, 0.5) is 0 Å². The minimum Gasteiger partial charge on any atom is -0.347 e. The van der Waals surface area contributed by atoms with Crippen LogP contribution in [-0.2, 0) is 13.0 Å². The maximum atomic E-state index is 5.61. The van der Waals surface area contributed by atoms with Crippen LogP contribution in [0.2, 0.25) is 0 Å². The number of fused-ring (bicyclic) bond motifs is 1. The molecule has 0 spiro atoms. The highest BCUT2D eigenvalue weighted by Gasteiger charge is 2.08. The van der Waals surface area contributed by atoms with Crippen LogP contribution in [0.3, 0.4) is 0 Å². The van der Waals surface area contributed by atoms with E-state index in [1.165, 1.54) is 35.7 Å². The molecule has 0 saturated carbocycles. The molecule has 3 heteroatoms. The van der Waals surface area contributed by atoms with Crippen LogP contribution in [0, 0.1) is 0 Å². The van der Waals surface area contributed by atoms with Gasteiger partial charge in [-0.15, -0.1) is 0 Å². The third kappa shape index (κ3) is 2.96. The van der Waals surface area contributed by atoms with Crippen molar-refractivity contribution >= 4 is 26.8 Å². The monoisotopic (exact) mass is 308 g/mol. The third-order valence-corrected chi connectivity index (χ3v) is 3.82. The van der Waals surface area contributed by atoms with Crippen LogP contribution < -0.4 is 5.73 Å². The largest absolute Gasteiger partial charge is 0.347 e. The number of aromatic nitrogens is 1. The van der Waals surface area contributed by atoms with Crippen molar-refractivity contribution in [2.45, 2.75) is 39.2 Å². The second kappa shape index (κ2) is 6.39. The van der Waals surface area contributed by atoms with E-state index in [1.54, 1.807) is 0 Å². The molecule has 1 aromatic carbocycles. The summed E-state index contributed by atoms with van der Waals surface area (Å²) < 4.78 is 3.50. The average molecular weight is 309 g/mol. The summed E-state index contributed by atoms with van der Waals surface area (Å²) in [6.07, 6.45) is 7.00. The highest BCUT2D eigenvalue weighted by atomic mass is 79.9. The van der Waals surface area contributed by atoms with E-state index in [2.05, 4.69) is 51.8 Å². The minimum atomic E-state index is 0.750. The topological polar surface area (TPSA) is 30.9 Å². The number of nitrogens with two attached hydrogens (primary N) is 1. The van der Waals surface area contributed by atoms with E-state index in [9.17, 15) is 0 Å². The van der Waals surface area contributed by atoms with Crippen molar-refractivity contribution in [1.82, 2.24) is 4.57 Å². The molecule has 0 amide bonds. The van der Waals surface area contributed by atoms with Crippen molar-refractivity contribution in [2.24, 2.45) is 5.73 Å². The fourth-order valence-electron chi connectivity index (χ4n) is 2.36. The van der Waals surface area contributed by atoms with Gasteiger partial charge >= 0.3 is 0 Å². The summed E-state index contributed by atoms with van der Waals surface area (Å²) in [5.74, 6) is 0. The van der Waals surface area contributed by atoms with Crippen LogP contribution in [-0.4, -0.2) is 11.1 Å². The molecule has 0 aliphatic rings. The molecule has 0 atom stereocenters. The number of nitrogens with zero attached hydrogens (tertiary/aromatic N) is 1. The third-order valence-electron chi connectivity index (χ3n) is 3.33. The normalized spacial score (nSPS) is 11.3. The molecule has 0 unspecified atom stereocenters. The lowest BCUT2D eigenvalue weighted by Crippen LogP contribution is -2.04. The van der Waals surface area contributed by atoms with Gasteiger partial charge in [-0.1, -0.05) is 29.3 Å². The van der Waals surface area contributed by atoms with Crippen LogP contribution >= 0.6 is 15.9 Å². The molecule has 0 aliphatic heterocycles. The molecular formula is C15H21BrN2. The first-order valence-electron chi connectivity index (χ1n) is 6.73. The maximum Gasteiger partial charge on any atom is 0.0483 e. The van der Waals surface area contributed by atoms with Gasteiger partial charge in [0, 0.05) is 28.1 Å². The molecule has 2 N–H and O–H groups in total. The van der Waals surface area contributed by atoms with Gasteiger partial charge in [0.2, 0.25) is 0 Å². The van der Waals surface area contributed by atoms with Gasteiger partial charge in [-0.25, -0.2) is 0 Å². The Kier molecular flexibility index (Phi) is 4.84. The molecule has 98 valence electrons. The SMILES string of the molecule is CCCCc1cn(CCCN)c2ccc(Br)cc12. The number of benzene rings is 1. The van der Waals surface area contributed by atoms with Gasteiger partial charge in [-0.2, -0.15) is 0 Å². The number of unbranched alkanes of at least 4 members (excludes halogenated alkanes) is 1. The Balaban J connectivity index is 2.39. The van der Waals surface area contributed by atoms with Gasteiger partial charge in [-0.3, -0.25) is 0 Å². The van der Waals surface area contributed by atoms with E-state index in [-0.39, 0.29) is 0 Å². The molecule has 2 nitrogen and oxygen atoms in total. The summed E-state index contributed by atoms with van der Waals surface area (Å²) in [4.78, 5) is 0. The molecule has 0 aliphatic carbocycles. The maximum absolute atomic E-state index is 5.61. The van der Waals surface area contributed by atoms with Gasteiger partial charge in [0.15, 0.2) is 0 Å². The minimum absolute atomic E-state index is 0.750. The Morgan fingerprint density at radius 1 is 1.28 bits per heavy atom. The van der Waals surface area contributed by atoms with Crippen molar-refractivity contribution in [1.29, 1.82) is 0 Å². The number of rotatable bonds is 6. The Bertz CT molecular complexity index is 516. The zero-order valence-corrected chi connectivity index (χ0v) is 12.5. The summed E-state index contributed by atoms with van der Waals surface area (Å²) in [7, 11) is 0. The fourth-order valence-corrected chi connectivity index (χ4v) is 2.72. The predicted octanol–water partition coefficient (Wildman–Crippen LogP) is 4.10. The summed E-state index contributed by atoms with van der Waals surface area (Å²) in [6.45, 7) is 4.00. The van der Waals surface area contributed by atoms with Gasteiger partial charge in [0.25, 0.3) is 0 Å². The molecule has 1 aromatic heterocycles. The van der Waals surface area contributed by atoms with Gasteiger partial charge in [-0.05, 0) is 49.6 Å². The molecule has 0 fully saturated rings. The highest BCUT2D eigenvalue weighted by molar-refractivity contribution is 9.10. The van der Waals surface area contributed by atoms with Crippen LogP contribution in [0.1, 0.15) is 31.7 Å². The zero-order chi connectivity index (χ0) is 13.0. The van der Waals surface area contributed by atoms with Crippen molar-refractivity contribution in [3.05, 3.63) is 34.4 Å². The standard InChI is InChI=1S/C15H21BrN2/c1-2-3-5-12-11-18(9-4-8-17)15-7-6-13(16)10-14(12)15/h6-7,10-11H,2-5,8-9,17H2,1H3. The van der Waals surface area contributed by atoms with Crippen molar-refractivity contribution in [3.8, 4) is 0 Å². The average Bonchev–Trinajstić information content (AvgIpc) is 2.71. The molecule has 0 bridgehead atoms. The lowest BCUT2D eigenvalue weighted by molar-refractivity contribution is 0.667. The zero-order valence-electron chi connectivity index (χ0n) is 11.0. The second-order valence-electron chi connectivity index (χ2n) is 4.75. The van der Waals surface area contributed by atoms with Gasteiger partial charge < -0.3 is 10.3 Å². The van der Waals surface area contributed by atoms with E-state index in [0.717, 1.165) is 24.0 Å². The quantitative estimate of drug-likeness (QED) is 0.856. The molecule has 0 radical (unpaired) electrons. The number of aryl methyl sites for hydroxylation is 2. The molecule has 2 aromatic rings. The van der Waals surface area contributed by atoms with E-state index in [0.29, 0.717) is 0 Å². The lowest BCUT2D eigenvalue weighted by atomic mass is 10.1. The van der Waals surface area contributed by atoms with Crippen molar-refractivity contribution in [2.75, 3.05) is 6.54 Å². The Morgan fingerprint density at radius 2 is 2.11 bits per heavy atom. The number of hydrogen-bond acceptors (Lipinski definition) is 1. The Labute approximate surface area is 117 Å². The second-order valence-corrected chi connectivity index (χ2v) is 5.67. The Morgan fingerprint density at radius 3 is 2.83 bits per heavy atom. The molecule has 2 rings (SSSR count). The predicted molar refractivity (Wildman–Crippen MR) is 81.9 cm³/mol. The molecule has 18 heavy (non-hydrogen) atoms. The van der Waals surface area contributed by atoms with Crippen LogP contribution in [0.25, 0.3) is 10.9 Å². The van der Waals surface area contributed by atoms with Crippen LogP contribution in [0.5, 0.6) is 0 Å². The van der Waals surface area contributed by atoms with Gasteiger partial charge in [0.1, 0.15) is 0 Å². The van der Waals surface area contributed by atoms with Gasteiger partial charge in [0.05, 0.1) is 0 Å². The highest BCUT2D eigenvalue weighted by Crippen LogP contribution is 2.26. The first-order valence-corrected chi connectivity index (χ1v) is 7.53. The summed E-state index contributed by atoms with van der Waals surface area (Å²) in [5.41, 5.74) is 8.41. The molecule has 1 heterocycles. The summed E-state index contributed by atoms with van der Waals surface area (Å²) in [5, 5.41) is 1.38. The lowest BCUT2D eigenvalue weighted by Gasteiger charge is -2.03.